The SMILES string of the molecule is COC(=O)[C@@H](NC(=O)c1ccc2ccccc2n1)C(c1ccccc1)c1ccccc1. The first kappa shape index (κ1) is 20.3. The number of amides is 1. The van der Waals surface area contributed by atoms with E-state index in [2.05, 4.69) is 10.3 Å². The summed E-state index contributed by atoms with van der Waals surface area (Å²) in [6, 6.07) is 29.4. The van der Waals surface area contributed by atoms with Gasteiger partial charge in [0.05, 0.1) is 12.6 Å². The van der Waals surface area contributed by atoms with Crippen molar-refractivity contribution < 1.29 is 14.3 Å². The van der Waals surface area contributed by atoms with Gasteiger partial charge < -0.3 is 10.1 Å². The molecule has 1 N–H and O–H groups in total. The average Bonchev–Trinajstić information content (AvgIpc) is 2.84. The van der Waals surface area contributed by atoms with Gasteiger partial charge in [0.25, 0.3) is 5.91 Å². The van der Waals surface area contributed by atoms with Crippen LogP contribution in [0.15, 0.2) is 97.1 Å². The largest absolute Gasteiger partial charge is 0.467 e. The summed E-state index contributed by atoms with van der Waals surface area (Å²) in [5, 5.41) is 3.81. The topological polar surface area (TPSA) is 68.3 Å². The Hall–Kier alpha value is -3.99. The van der Waals surface area contributed by atoms with Gasteiger partial charge in [-0.25, -0.2) is 9.78 Å². The van der Waals surface area contributed by atoms with Crippen LogP contribution >= 0.6 is 0 Å². The lowest BCUT2D eigenvalue weighted by Crippen LogP contribution is -2.46. The molecular weight excluding hydrogens is 388 g/mol. The molecule has 0 radical (unpaired) electrons. The number of hydrogen-bond acceptors (Lipinski definition) is 4. The quantitative estimate of drug-likeness (QED) is 0.480. The van der Waals surface area contributed by atoms with E-state index < -0.39 is 23.8 Å². The van der Waals surface area contributed by atoms with Gasteiger partial charge >= 0.3 is 5.97 Å². The molecule has 4 rings (SSSR count). The van der Waals surface area contributed by atoms with Crippen LogP contribution in [0.3, 0.4) is 0 Å². The standard InChI is InChI=1S/C26H22N2O3/c1-31-26(30)24(23(19-11-4-2-5-12-19)20-13-6-3-7-14-20)28-25(29)22-17-16-18-10-8-9-15-21(18)27-22/h2-17,23-24H,1H3,(H,28,29)/t24-/m0/s1. The van der Waals surface area contributed by atoms with E-state index in [1.54, 1.807) is 6.07 Å². The molecule has 0 aliphatic carbocycles. The number of benzene rings is 3. The molecule has 1 heterocycles. The van der Waals surface area contributed by atoms with Gasteiger partial charge in [-0.2, -0.15) is 0 Å². The lowest BCUT2D eigenvalue weighted by atomic mass is 9.85. The zero-order valence-electron chi connectivity index (χ0n) is 17.1. The van der Waals surface area contributed by atoms with Gasteiger partial charge in [-0.15, -0.1) is 0 Å². The van der Waals surface area contributed by atoms with Gasteiger partial charge in [0.1, 0.15) is 11.7 Å². The van der Waals surface area contributed by atoms with Crippen molar-refractivity contribution in [2.45, 2.75) is 12.0 Å². The van der Waals surface area contributed by atoms with E-state index in [0.717, 1.165) is 16.5 Å². The maximum absolute atomic E-state index is 13.1. The third-order valence-corrected chi connectivity index (χ3v) is 5.22. The van der Waals surface area contributed by atoms with Crippen LogP contribution in [0.5, 0.6) is 0 Å². The number of nitrogens with one attached hydrogen (secondary N) is 1. The fraction of sp³-hybridized carbons (Fsp3) is 0.115. The van der Waals surface area contributed by atoms with E-state index in [1.807, 2.05) is 91.0 Å². The number of carbonyl (C=O) groups is 2. The van der Waals surface area contributed by atoms with Crippen molar-refractivity contribution in [1.82, 2.24) is 10.3 Å². The first-order valence-electron chi connectivity index (χ1n) is 10.0. The lowest BCUT2D eigenvalue weighted by molar-refractivity contribution is -0.143. The number of nitrogens with zero attached hydrogens (tertiary/aromatic N) is 1. The monoisotopic (exact) mass is 410 g/mol. The Morgan fingerprint density at radius 2 is 1.35 bits per heavy atom. The van der Waals surface area contributed by atoms with Crippen molar-refractivity contribution in [2.75, 3.05) is 7.11 Å². The Kier molecular flexibility index (Phi) is 6.03. The number of aromatic nitrogens is 1. The normalized spacial score (nSPS) is 11.8. The fourth-order valence-electron chi connectivity index (χ4n) is 3.71. The molecule has 4 aromatic rings. The van der Waals surface area contributed by atoms with Crippen molar-refractivity contribution in [3.8, 4) is 0 Å². The molecule has 0 bridgehead atoms. The minimum absolute atomic E-state index is 0.243. The number of rotatable bonds is 6. The molecule has 1 aromatic heterocycles. The van der Waals surface area contributed by atoms with E-state index in [1.165, 1.54) is 7.11 Å². The summed E-state index contributed by atoms with van der Waals surface area (Å²) < 4.78 is 5.07. The minimum atomic E-state index is -0.921. The summed E-state index contributed by atoms with van der Waals surface area (Å²) in [6.07, 6.45) is 0. The van der Waals surface area contributed by atoms with Crippen molar-refractivity contribution in [1.29, 1.82) is 0 Å². The molecule has 5 nitrogen and oxygen atoms in total. The molecule has 0 fully saturated rings. The predicted octanol–water partition coefficient (Wildman–Crippen LogP) is 4.34. The third kappa shape index (κ3) is 4.46. The molecule has 0 spiro atoms. The molecule has 0 saturated carbocycles. The van der Waals surface area contributed by atoms with Crippen LogP contribution in [-0.4, -0.2) is 30.0 Å². The highest BCUT2D eigenvalue weighted by molar-refractivity contribution is 5.97. The van der Waals surface area contributed by atoms with Crippen molar-refractivity contribution in [3.05, 3.63) is 114 Å². The Morgan fingerprint density at radius 1 is 0.774 bits per heavy atom. The summed E-state index contributed by atoms with van der Waals surface area (Å²) in [6.45, 7) is 0. The van der Waals surface area contributed by atoms with Crippen LogP contribution < -0.4 is 5.32 Å². The summed E-state index contributed by atoms with van der Waals surface area (Å²) >= 11 is 0. The van der Waals surface area contributed by atoms with Gasteiger partial charge in [-0.3, -0.25) is 4.79 Å². The van der Waals surface area contributed by atoms with Crippen LogP contribution in [0, 0.1) is 0 Å². The first-order valence-corrected chi connectivity index (χ1v) is 10.0. The molecule has 154 valence electrons. The number of para-hydroxylation sites is 1. The number of pyridine rings is 1. The van der Waals surface area contributed by atoms with Crippen LogP contribution in [0.25, 0.3) is 10.9 Å². The molecule has 0 saturated heterocycles. The highest BCUT2D eigenvalue weighted by Crippen LogP contribution is 2.29. The van der Waals surface area contributed by atoms with E-state index >= 15 is 0 Å². The highest BCUT2D eigenvalue weighted by atomic mass is 16.5. The molecule has 3 aromatic carbocycles. The van der Waals surface area contributed by atoms with E-state index in [0.29, 0.717) is 5.52 Å². The van der Waals surface area contributed by atoms with E-state index in [9.17, 15) is 9.59 Å². The second-order valence-electron chi connectivity index (χ2n) is 7.16. The molecule has 5 heteroatoms. The Balaban J connectivity index is 1.72. The molecule has 0 aliphatic rings. The van der Waals surface area contributed by atoms with Crippen LogP contribution in [0.4, 0.5) is 0 Å². The molecule has 1 atom stereocenters. The van der Waals surface area contributed by atoms with E-state index in [4.69, 9.17) is 4.74 Å². The number of methoxy groups -OCH3 is 1. The molecule has 1 amide bonds. The maximum Gasteiger partial charge on any atom is 0.329 e. The first-order chi connectivity index (χ1) is 15.2. The van der Waals surface area contributed by atoms with Crippen molar-refractivity contribution >= 4 is 22.8 Å². The van der Waals surface area contributed by atoms with Crippen LogP contribution in [0.2, 0.25) is 0 Å². The smallest absolute Gasteiger partial charge is 0.329 e. The van der Waals surface area contributed by atoms with Crippen LogP contribution in [-0.2, 0) is 9.53 Å². The van der Waals surface area contributed by atoms with Gasteiger partial charge in [-0.05, 0) is 23.3 Å². The summed E-state index contributed by atoms with van der Waals surface area (Å²) in [7, 11) is 1.32. The molecule has 0 unspecified atom stereocenters. The summed E-state index contributed by atoms with van der Waals surface area (Å²) in [4.78, 5) is 30.4. The highest BCUT2D eigenvalue weighted by Gasteiger charge is 2.33. The minimum Gasteiger partial charge on any atom is -0.467 e. The molecule has 31 heavy (non-hydrogen) atoms. The number of carbonyl (C=O) groups excluding carboxylic acids is 2. The molecule has 0 aliphatic heterocycles. The number of hydrogen-bond donors (Lipinski definition) is 1. The van der Waals surface area contributed by atoms with E-state index in [-0.39, 0.29) is 5.69 Å². The van der Waals surface area contributed by atoms with Gasteiger partial charge in [0, 0.05) is 11.3 Å². The van der Waals surface area contributed by atoms with Crippen molar-refractivity contribution in [2.24, 2.45) is 0 Å². The Labute approximate surface area is 180 Å². The average molecular weight is 410 g/mol. The summed E-state index contributed by atoms with van der Waals surface area (Å²) in [5.74, 6) is -1.37. The van der Waals surface area contributed by atoms with Gasteiger partial charge in [-0.1, -0.05) is 84.9 Å². The van der Waals surface area contributed by atoms with Crippen molar-refractivity contribution in [3.63, 3.8) is 0 Å². The summed E-state index contributed by atoms with van der Waals surface area (Å²) in [5.41, 5.74) is 2.76. The van der Waals surface area contributed by atoms with Crippen LogP contribution in [0.1, 0.15) is 27.5 Å². The van der Waals surface area contributed by atoms with Gasteiger partial charge in [0.15, 0.2) is 0 Å². The number of fused-ring (bicyclic) bond motifs is 1. The Morgan fingerprint density at radius 3 is 1.97 bits per heavy atom. The second kappa shape index (κ2) is 9.22. The zero-order valence-corrected chi connectivity index (χ0v) is 17.1. The number of ether oxygens (including phenoxy) is 1. The third-order valence-electron chi connectivity index (χ3n) is 5.22. The van der Waals surface area contributed by atoms with Gasteiger partial charge in [0.2, 0.25) is 0 Å². The Bertz CT molecular complexity index is 1150. The predicted molar refractivity (Wildman–Crippen MR) is 120 cm³/mol. The fourth-order valence-corrected chi connectivity index (χ4v) is 3.71. The molecular formula is C26H22N2O3. The maximum atomic E-state index is 13.1. The lowest BCUT2D eigenvalue weighted by Gasteiger charge is -2.27. The number of esters is 1. The second-order valence-corrected chi connectivity index (χ2v) is 7.16. The zero-order chi connectivity index (χ0) is 21.6.